The van der Waals surface area contributed by atoms with Crippen LogP contribution in [0.5, 0.6) is 5.75 Å². The number of nitrogens with one attached hydrogen (secondary N) is 1. The monoisotopic (exact) mass is 305 g/mol. The van der Waals surface area contributed by atoms with E-state index in [0.29, 0.717) is 31.5 Å². The number of carbonyl (C=O) groups is 1. The number of amides is 2. The van der Waals surface area contributed by atoms with E-state index in [1.807, 2.05) is 6.92 Å². The SMILES string of the molecule is C[C@@H](NC(=O)N1CCC(C)(C#N)CC1)c1ccc(O)c(F)c1. The number of hydrogen-bond donors (Lipinski definition) is 2. The summed E-state index contributed by atoms with van der Waals surface area (Å²) in [6, 6.07) is 5.76. The molecule has 1 aliphatic heterocycles. The first-order valence-corrected chi connectivity index (χ1v) is 7.30. The van der Waals surface area contributed by atoms with Crippen LogP contribution in [0.2, 0.25) is 0 Å². The first-order valence-electron chi connectivity index (χ1n) is 7.30. The van der Waals surface area contributed by atoms with Crippen LogP contribution in [-0.4, -0.2) is 29.1 Å². The minimum Gasteiger partial charge on any atom is -0.505 e. The van der Waals surface area contributed by atoms with Crippen molar-refractivity contribution in [2.24, 2.45) is 5.41 Å². The molecule has 0 aliphatic carbocycles. The van der Waals surface area contributed by atoms with Gasteiger partial charge in [-0.1, -0.05) is 6.07 Å². The number of nitrogens with zero attached hydrogens (tertiary/aromatic N) is 2. The zero-order valence-electron chi connectivity index (χ0n) is 12.8. The number of urea groups is 1. The van der Waals surface area contributed by atoms with E-state index >= 15 is 0 Å². The van der Waals surface area contributed by atoms with E-state index < -0.39 is 11.6 Å². The molecule has 0 radical (unpaired) electrons. The highest BCUT2D eigenvalue weighted by Gasteiger charge is 2.32. The number of phenolic OH excluding ortho intramolecular Hbond substituents is 1. The van der Waals surface area contributed by atoms with Crippen molar-refractivity contribution < 1.29 is 14.3 Å². The molecule has 1 aromatic rings. The predicted molar refractivity (Wildman–Crippen MR) is 79.5 cm³/mol. The second kappa shape index (κ2) is 6.22. The van der Waals surface area contributed by atoms with Gasteiger partial charge in [0.15, 0.2) is 11.6 Å². The fourth-order valence-electron chi connectivity index (χ4n) is 2.47. The van der Waals surface area contributed by atoms with Crippen LogP contribution in [0.15, 0.2) is 18.2 Å². The van der Waals surface area contributed by atoms with E-state index in [9.17, 15) is 14.3 Å². The maximum Gasteiger partial charge on any atom is 0.317 e. The number of likely N-dealkylation sites (tertiary alicyclic amines) is 1. The minimum absolute atomic E-state index is 0.221. The molecular weight excluding hydrogens is 285 g/mol. The Balaban J connectivity index is 1.95. The Bertz CT molecular complexity index is 604. The van der Waals surface area contributed by atoms with Crippen LogP contribution in [0.4, 0.5) is 9.18 Å². The number of hydrogen-bond acceptors (Lipinski definition) is 3. The second-order valence-corrected chi connectivity index (χ2v) is 6.04. The number of halogens is 1. The lowest BCUT2D eigenvalue weighted by atomic mass is 9.82. The molecule has 2 amide bonds. The molecule has 118 valence electrons. The van der Waals surface area contributed by atoms with Gasteiger partial charge in [-0.05, 0) is 44.4 Å². The number of phenols is 1. The molecule has 6 heteroatoms. The molecule has 2 N–H and O–H groups in total. The highest BCUT2D eigenvalue weighted by Crippen LogP contribution is 2.30. The zero-order chi connectivity index (χ0) is 16.3. The standard InChI is InChI=1S/C16H20FN3O2/c1-11(12-3-4-14(21)13(17)9-12)19-15(22)20-7-5-16(2,10-18)6-8-20/h3-4,9,11,21H,5-8H2,1-2H3,(H,19,22)/t11-/m1/s1. The third kappa shape index (κ3) is 3.48. The Labute approximate surface area is 129 Å². The maximum absolute atomic E-state index is 13.4. The van der Waals surface area contributed by atoms with E-state index in [1.54, 1.807) is 17.9 Å². The zero-order valence-corrected chi connectivity index (χ0v) is 12.8. The van der Waals surface area contributed by atoms with Crippen LogP contribution in [0, 0.1) is 22.6 Å². The van der Waals surface area contributed by atoms with Gasteiger partial charge in [-0.3, -0.25) is 0 Å². The van der Waals surface area contributed by atoms with Gasteiger partial charge in [-0.15, -0.1) is 0 Å². The molecule has 1 saturated heterocycles. The van der Waals surface area contributed by atoms with Gasteiger partial charge in [-0.25, -0.2) is 9.18 Å². The number of benzene rings is 1. The highest BCUT2D eigenvalue weighted by atomic mass is 19.1. The molecule has 1 atom stereocenters. The summed E-state index contributed by atoms with van der Waals surface area (Å²) in [4.78, 5) is 13.9. The molecular formula is C16H20FN3O2. The Morgan fingerprint density at radius 2 is 2.14 bits per heavy atom. The Kier molecular flexibility index (Phi) is 4.55. The normalized spacial score (nSPS) is 18.4. The summed E-state index contributed by atoms with van der Waals surface area (Å²) in [7, 11) is 0. The summed E-state index contributed by atoms with van der Waals surface area (Å²) >= 11 is 0. The Hall–Kier alpha value is -2.29. The number of carbonyl (C=O) groups excluding carboxylic acids is 1. The number of aromatic hydroxyl groups is 1. The van der Waals surface area contributed by atoms with Crippen molar-refractivity contribution >= 4 is 6.03 Å². The van der Waals surface area contributed by atoms with E-state index in [1.165, 1.54) is 12.1 Å². The molecule has 0 unspecified atom stereocenters. The van der Waals surface area contributed by atoms with Crippen molar-refractivity contribution in [3.8, 4) is 11.8 Å². The molecule has 0 saturated carbocycles. The van der Waals surface area contributed by atoms with Crippen molar-refractivity contribution in [2.75, 3.05) is 13.1 Å². The average molecular weight is 305 g/mol. The molecule has 0 bridgehead atoms. The van der Waals surface area contributed by atoms with Gasteiger partial charge in [0, 0.05) is 13.1 Å². The van der Waals surface area contributed by atoms with Gasteiger partial charge >= 0.3 is 6.03 Å². The fraction of sp³-hybridized carbons (Fsp3) is 0.500. The van der Waals surface area contributed by atoms with Crippen LogP contribution in [0.25, 0.3) is 0 Å². The van der Waals surface area contributed by atoms with Crippen LogP contribution >= 0.6 is 0 Å². The molecule has 0 aromatic heterocycles. The lowest BCUT2D eigenvalue weighted by Gasteiger charge is -2.35. The molecule has 5 nitrogen and oxygen atoms in total. The summed E-state index contributed by atoms with van der Waals surface area (Å²) in [5.74, 6) is -1.12. The molecule has 1 heterocycles. The van der Waals surface area contributed by atoms with Crippen LogP contribution in [-0.2, 0) is 0 Å². The van der Waals surface area contributed by atoms with Gasteiger partial charge < -0.3 is 15.3 Å². The van der Waals surface area contributed by atoms with E-state index in [-0.39, 0.29) is 17.5 Å². The van der Waals surface area contributed by atoms with Crippen LogP contribution in [0.3, 0.4) is 0 Å². The van der Waals surface area contributed by atoms with Gasteiger partial charge in [-0.2, -0.15) is 5.26 Å². The Morgan fingerprint density at radius 3 is 2.68 bits per heavy atom. The molecule has 0 spiro atoms. The van der Waals surface area contributed by atoms with Crippen LogP contribution < -0.4 is 5.32 Å². The first-order chi connectivity index (χ1) is 10.3. The van der Waals surface area contributed by atoms with Gasteiger partial charge in [0.25, 0.3) is 0 Å². The summed E-state index contributed by atoms with van der Waals surface area (Å²) in [6.07, 6.45) is 1.30. The highest BCUT2D eigenvalue weighted by molar-refractivity contribution is 5.74. The number of rotatable bonds is 2. The molecule has 22 heavy (non-hydrogen) atoms. The first kappa shape index (κ1) is 16.1. The summed E-state index contributed by atoms with van der Waals surface area (Å²) in [5, 5.41) is 21.1. The van der Waals surface area contributed by atoms with Crippen LogP contribution in [0.1, 0.15) is 38.3 Å². The Morgan fingerprint density at radius 1 is 1.50 bits per heavy atom. The van der Waals surface area contributed by atoms with E-state index in [4.69, 9.17) is 5.26 Å². The third-order valence-corrected chi connectivity index (χ3v) is 4.24. The minimum atomic E-state index is -0.707. The number of nitriles is 1. The molecule has 1 aliphatic rings. The average Bonchev–Trinajstić information content (AvgIpc) is 2.50. The summed E-state index contributed by atoms with van der Waals surface area (Å²) < 4.78 is 13.4. The van der Waals surface area contributed by atoms with Gasteiger partial charge in [0.1, 0.15) is 0 Å². The quantitative estimate of drug-likeness (QED) is 0.882. The van der Waals surface area contributed by atoms with Gasteiger partial charge in [0.05, 0.1) is 17.5 Å². The van der Waals surface area contributed by atoms with Crippen molar-refractivity contribution in [1.82, 2.24) is 10.2 Å². The lowest BCUT2D eigenvalue weighted by Crippen LogP contribution is -2.47. The third-order valence-electron chi connectivity index (χ3n) is 4.24. The topological polar surface area (TPSA) is 76.4 Å². The smallest absolute Gasteiger partial charge is 0.317 e. The second-order valence-electron chi connectivity index (χ2n) is 6.04. The molecule has 1 aromatic carbocycles. The molecule has 1 fully saturated rings. The van der Waals surface area contributed by atoms with E-state index in [2.05, 4.69) is 11.4 Å². The predicted octanol–water partition coefficient (Wildman–Crippen LogP) is 2.93. The lowest BCUT2D eigenvalue weighted by molar-refractivity contribution is 0.154. The summed E-state index contributed by atoms with van der Waals surface area (Å²) in [5.41, 5.74) is 0.227. The van der Waals surface area contributed by atoms with Crippen molar-refractivity contribution in [3.05, 3.63) is 29.6 Å². The van der Waals surface area contributed by atoms with Crippen molar-refractivity contribution in [2.45, 2.75) is 32.7 Å². The van der Waals surface area contributed by atoms with Crippen molar-refractivity contribution in [1.29, 1.82) is 5.26 Å². The number of piperidine rings is 1. The maximum atomic E-state index is 13.4. The van der Waals surface area contributed by atoms with E-state index in [0.717, 1.165) is 0 Å². The largest absolute Gasteiger partial charge is 0.505 e. The molecule has 2 rings (SSSR count). The van der Waals surface area contributed by atoms with Gasteiger partial charge in [0.2, 0.25) is 0 Å². The fourth-order valence-corrected chi connectivity index (χ4v) is 2.47. The summed E-state index contributed by atoms with van der Waals surface area (Å²) in [6.45, 7) is 4.73. The van der Waals surface area contributed by atoms with Crippen molar-refractivity contribution in [3.63, 3.8) is 0 Å².